The fourth-order valence-electron chi connectivity index (χ4n) is 2.87. The van der Waals surface area contributed by atoms with Crippen LogP contribution >= 0.6 is 0 Å². The quantitative estimate of drug-likeness (QED) is 0.701. The molecule has 2 saturated carbocycles. The maximum absolute atomic E-state index is 1.63. The van der Waals surface area contributed by atoms with Crippen LogP contribution in [0.25, 0.3) is 0 Å². The summed E-state index contributed by atoms with van der Waals surface area (Å²) in [5.74, 6) is 0. The average molecular weight is 303 g/mol. The SMILES string of the molecule is C1CC[CH]([Sn][CH]2CCCCC2)CC1.O. The first-order valence-electron chi connectivity index (χ1n) is 6.21. The molecule has 14 heavy (non-hydrogen) atoms. The van der Waals surface area contributed by atoms with Gasteiger partial charge >= 0.3 is 93.2 Å². The Hall–Kier alpha value is 0.759. The van der Waals surface area contributed by atoms with Crippen molar-refractivity contribution >= 4 is 21.1 Å². The van der Waals surface area contributed by atoms with Crippen molar-refractivity contribution in [3.05, 3.63) is 0 Å². The van der Waals surface area contributed by atoms with Crippen LogP contribution in [0.4, 0.5) is 0 Å². The number of rotatable bonds is 2. The van der Waals surface area contributed by atoms with Crippen LogP contribution in [0.2, 0.25) is 7.87 Å². The van der Waals surface area contributed by atoms with E-state index in [-0.39, 0.29) is 26.6 Å². The zero-order chi connectivity index (χ0) is 8.93. The molecule has 1 nitrogen and oxygen atoms in total. The van der Waals surface area contributed by atoms with Gasteiger partial charge in [-0.3, -0.25) is 0 Å². The van der Waals surface area contributed by atoms with Gasteiger partial charge in [0.25, 0.3) is 0 Å². The summed E-state index contributed by atoms with van der Waals surface area (Å²) < 4.78 is 2.58. The van der Waals surface area contributed by atoms with Crippen molar-refractivity contribution in [3.63, 3.8) is 0 Å². The molecule has 0 aromatic rings. The van der Waals surface area contributed by atoms with Crippen LogP contribution in [0.3, 0.4) is 0 Å². The standard InChI is InChI=1S/2C6H11.H2O.Sn/c2*1-2-4-6-5-3-1;;/h2*1H,2-6H2;1H2;. The van der Waals surface area contributed by atoms with E-state index in [9.17, 15) is 0 Å². The number of hydrogen-bond donors (Lipinski definition) is 0. The van der Waals surface area contributed by atoms with Gasteiger partial charge in [0, 0.05) is 0 Å². The minimum atomic E-state index is 0. The van der Waals surface area contributed by atoms with Crippen molar-refractivity contribution in [2.24, 2.45) is 0 Å². The molecule has 2 aliphatic rings. The average Bonchev–Trinajstić information content (AvgIpc) is 2.21. The first-order chi connectivity index (χ1) is 6.45. The molecule has 0 unspecified atom stereocenters. The molecule has 2 radical (unpaired) electrons. The molecular weight excluding hydrogens is 279 g/mol. The van der Waals surface area contributed by atoms with E-state index in [1.54, 1.807) is 64.2 Å². The topological polar surface area (TPSA) is 31.5 Å². The normalized spacial score (nSPS) is 25.7. The van der Waals surface area contributed by atoms with E-state index < -0.39 is 0 Å². The summed E-state index contributed by atoms with van der Waals surface area (Å²) in [4.78, 5) is 0. The maximum atomic E-state index is 1.63. The Labute approximate surface area is 98.6 Å². The zero-order valence-corrected chi connectivity index (χ0v) is 12.1. The first-order valence-corrected chi connectivity index (χ1v) is 9.51. The van der Waals surface area contributed by atoms with Crippen LogP contribution in [0, 0.1) is 0 Å². The van der Waals surface area contributed by atoms with Crippen molar-refractivity contribution in [2.75, 3.05) is 0 Å². The molecule has 0 aromatic heterocycles. The minimum Gasteiger partial charge on any atom is -0.412 e. The van der Waals surface area contributed by atoms with E-state index in [0.29, 0.717) is 0 Å². The third kappa shape index (κ3) is 4.09. The van der Waals surface area contributed by atoms with Gasteiger partial charge in [-0.1, -0.05) is 0 Å². The Bertz CT molecular complexity index is 121. The monoisotopic (exact) mass is 304 g/mol. The Morgan fingerprint density at radius 1 is 0.571 bits per heavy atom. The fourth-order valence-corrected chi connectivity index (χ4v) is 9.01. The van der Waals surface area contributed by atoms with Gasteiger partial charge in [0.2, 0.25) is 0 Å². The second kappa shape index (κ2) is 7.10. The van der Waals surface area contributed by atoms with Gasteiger partial charge in [0.05, 0.1) is 0 Å². The molecule has 2 N–H and O–H groups in total. The molecule has 2 heteroatoms. The molecule has 0 aliphatic heterocycles. The van der Waals surface area contributed by atoms with Gasteiger partial charge in [-0.2, -0.15) is 0 Å². The Kier molecular flexibility index (Phi) is 6.51. The van der Waals surface area contributed by atoms with Crippen molar-refractivity contribution in [1.82, 2.24) is 0 Å². The smallest absolute Gasteiger partial charge is 0.412 e. The molecule has 0 spiro atoms. The fraction of sp³-hybridized carbons (Fsp3) is 1.00. The molecule has 0 amide bonds. The van der Waals surface area contributed by atoms with E-state index >= 15 is 0 Å². The van der Waals surface area contributed by atoms with Crippen molar-refractivity contribution in [3.8, 4) is 0 Å². The van der Waals surface area contributed by atoms with Gasteiger partial charge in [0.15, 0.2) is 0 Å². The predicted molar refractivity (Wildman–Crippen MR) is 63.0 cm³/mol. The van der Waals surface area contributed by atoms with Crippen LogP contribution in [0.5, 0.6) is 0 Å². The van der Waals surface area contributed by atoms with Crippen LogP contribution in [-0.2, 0) is 0 Å². The summed E-state index contributed by atoms with van der Waals surface area (Å²) in [6.45, 7) is 0. The number of hydrogen-bond acceptors (Lipinski definition) is 0. The molecule has 0 heterocycles. The third-order valence-electron chi connectivity index (χ3n) is 3.68. The molecule has 0 saturated heterocycles. The molecular formula is C12H24OSn. The van der Waals surface area contributed by atoms with E-state index in [2.05, 4.69) is 0 Å². The summed E-state index contributed by atoms with van der Waals surface area (Å²) >= 11 is 0.0367. The Balaban J connectivity index is 0.000000980. The summed E-state index contributed by atoms with van der Waals surface area (Å²) in [6, 6.07) is 0. The van der Waals surface area contributed by atoms with Gasteiger partial charge in [-0.25, -0.2) is 0 Å². The molecule has 2 fully saturated rings. The molecule has 2 aliphatic carbocycles. The summed E-state index contributed by atoms with van der Waals surface area (Å²) in [5, 5.41) is 0. The Morgan fingerprint density at radius 3 is 1.29 bits per heavy atom. The molecule has 0 aromatic carbocycles. The van der Waals surface area contributed by atoms with E-state index in [1.807, 2.05) is 0 Å². The van der Waals surface area contributed by atoms with Gasteiger partial charge in [0.1, 0.15) is 0 Å². The second-order valence-corrected chi connectivity index (χ2v) is 10.4. The van der Waals surface area contributed by atoms with Crippen LogP contribution < -0.4 is 0 Å². The second-order valence-electron chi connectivity index (χ2n) is 4.84. The van der Waals surface area contributed by atoms with Crippen LogP contribution in [0.15, 0.2) is 0 Å². The molecule has 82 valence electrons. The summed E-state index contributed by atoms with van der Waals surface area (Å²) in [6.07, 6.45) is 15.9. The third-order valence-corrected chi connectivity index (χ3v) is 9.67. The van der Waals surface area contributed by atoms with E-state index in [0.717, 1.165) is 0 Å². The zero-order valence-electron chi connectivity index (χ0n) is 9.23. The van der Waals surface area contributed by atoms with Crippen molar-refractivity contribution in [2.45, 2.75) is 72.1 Å². The summed E-state index contributed by atoms with van der Waals surface area (Å²) in [5.41, 5.74) is 0. The Morgan fingerprint density at radius 2 is 0.929 bits per heavy atom. The van der Waals surface area contributed by atoms with Gasteiger partial charge < -0.3 is 5.48 Å². The first kappa shape index (κ1) is 12.8. The van der Waals surface area contributed by atoms with E-state index in [1.165, 1.54) is 7.87 Å². The van der Waals surface area contributed by atoms with E-state index in [4.69, 9.17) is 0 Å². The largest absolute Gasteiger partial charge is 0.412 e. The maximum Gasteiger partial charge on any atom is -0.412 e. The van der Waals surface area contributed by atoms with Crippen molar-refractivity contribution in [1.29, 1.82) is 0 Å². The van der Waals surface area contributed by atoms with Gasteiger partial charge in [-0.05, 0) is 0 Å². The predicted octanol–water partition coefficient (Wildman–Crippen LogP) is 3.37. The van der Waals surface area contributed by atoms with Crippen molar-refractivity contribution < 1.29 is 5.48 Å². The molecule has 0 atom stereocenters. The van der Waals surface area contributed by atoms with Crippen LogP contribution in [0.1, 0.15) is 64.2 Å². The van der Waals surface area contributed by atoms with Crippen LogP contribution in [-0.4, -0.2) is 26.6 Å². The molecule has 2 rings (SSSR count). The minimum absolute atomic E-state index is 0. The van der Waals surface area contributed by atoms with Gasteiger partial charge in [-0.15, -0.1) is 0 Å². The molecule has 0 bridgehead atoms. The summed E-state index contributed by atoms with van der Waals surface area (Å²) in [7, 11) is 0.